The highest BCUT2D eigenvalue weighted by molar-refractivity contribution is 7.47. The summed E-state index contributed by atoms with van der Waals surface area (Å²) < 4.78 is 34.2. The molecule has 0 aromatic rings. The zero-order valence-electron chi connectivity index (χ0n) is 34.5. The second-order valence-corrected chi connectivity index (χ2v) is 16.5. The molecule has 53 heavy (non-hydrogen) atoms. The normalized spacial score (nSPS) is 14.2. The maximum atomic E-state index is 12.6. The molecule has 0 heterocycles. The van der Waals surface area contributed by atoms with Crippen molar-refractivity contribution in [2.24, 2.45) is 0 Å². The molecule has 0 fully saturated rings. The highest BCUT2D eigenvalue weighted by Gasteiger charge is 2.27. The topological polar surface area (TPSA) is 108 Å². The lowest BCUT2D eigenvalue weighted by molar-refractivity contribution is -0.870. The van der Waals surface area contributed by atoms with E-state index in [0.717, 1.165) is 70.6 Å². The van der Waals surface area contributed by atoms with E-state index in [1.54, 1.807) is 0 Å². The van der Waals surface area contributed by atoms with Crippen molar-refractivity contribution in [3.8, 4) is 0 Å². The van der Waals surface area contributed by atoms with Crippen LogP contribution in [-0.4, -0.2) is 74.9 Å². The fraction of sp³-hybridized carbons (Fsp3) is 0.767. The predicted octanol–water partition coefficient (Wildman–Crippen LogP) is 11.5. The molecule has 0 saturated heterocycles. The molecule has 0 radical (unpaired) electrons. The second-order valence-electron chi connectivity index (χ2n) is 15.0. The number of quaternary nitrogens is 1. The molecule has 0 saturated carbocycles. The van der Waals surface area contributed by atoms with Gasteiger partial charge < -0.3 is 18.9 Å². The fourth-order valence-electron chi connectivity index (χ4n) is 5.25. The van der Waals surface area contributed by atoms with Gasteiger partial charge in [-0.3, -0.25) is 18.6 Å². The molecule has 9 nitrogen and oxygen atoms in total. The van der Waals surface area contributed by atoms with E-state index in [1.165, 1.54) is 57.8 Å². The Labute approximate surface area is 324 Å². The summed E-state index contributed by atoms with van der Waals surface area (Å²) in [6.45, 7) is 4.31. The van der Waals surface area contributed by atoms with Crippen LogP contribution in [0.25, 0.3) is 0 Å². The highest BCUT2D eigenvalue weighted by atomic mass is 31.2. The molecule has 0 aliphatic rings. The predicted molar refractivity (Wildman–Crippen MR) is 220 cm³/mol. The van der Waals surface area contributed by atoms with Crippen LogP contribution in [0, 0.1) is 0 Å². The molecule has 0 aromatic carbocycles. The number of ether oxygens (including phenoxy) is 2. The first-order valence-corrected chi connectivity index (χ1v) is 22.4. The molecule has 0 spiro atoms. The standard InChI is InChI=1S/C43H78NO8P/c1-6-8-10-12-14-16-18-20-22-24-26-28-30-32-34-36-43(46)52-41(40-51-53(47,48)50-38-37-44(3,4)5)39-49-42(45)35-33-31-29-27-25-23-21-19-17-15-13-11-9-7-2/h14,16,19-22,26,28,41H,6-13,15,17-18,23-25,27,29-40H2,1-5H3/p+1/b16-14+,21-19+,22-20+,28-26+/t41-/m1/s1. The van der Waals surface area contributed by atoms with Crippen molar-refractivity contribution in [1.29, 1.82) is 0 Å². The molecule has 2 atom stereocenters. The summed E-state index contributed by atoms with van der Waals surface area (Å²) >= 11 is 0. The SMILES string of the molecule is CCCCC/C=C/C/C=C/C/C=C/CCCCC(=O)O[C@H](COC(=O)CCCCCCC/C=C/CCCCCCC)COP(=O)(O)OCC[N+](C)(C)C. The highest BCUT2D eigenvalue weighted by Crippen LogP contribution is 2.43. The van der Waals surface area contributed by atoms with Gasteiger partial charge in [-0.25, -0.2) is 4.57 Å². The van der Waals surface area contributed by atoms with Crippen LogP contribution < -0.4 is 0 Å². The van der Waals surface area contributed by atoms with Gasteiger partial charge in [-0.05, 0) is 77.0 Å². The first kappa shape index (κ1) is 51.0. The summed E-state index contributed by atoms with van der Waals surface area (Å²) in [4.78, 5) is 35.3. The average molecular weight is 769 g/mol. The maximum absolute atomic E-state index is 12.6. The quantitative estimate of drug-likeness (QED) is 0.0219. The van der Waals surface area contributed by atoms with Gasteiger partial charge in [0, 0.05) is 12.8 Å². The molecular formula is C43H79NO8P+. The van der Waals surface area contributed by atoms with Gasteiger partial charge in [-0.15, -0.1) is 0 Å². The third kappa shape index (κ3) is 39.5. The number of nitrogens with zero attached hydrogens (tertiary/aromatic N) is 1. The molecule has 0 bridgehead atoms. The van der Waals surface area contributed by atoms with E-state index in [-0.39, 0.29) is 32.0 Å². The summed E-state index contributed by atoms with van der Waals surface area (Å²) in [5, 5.41) is 0. The van der Waals surface area contributed by atoms with Crippen molar-refractivity contribution in [2.45, 2.75) is 168 Å². The number of hydrogen-bond donors (Lipinski definition) is 1. The summed E-state index contributed by atoms with van der Waals surface area (Å²) in [6, 6.07) is 0. The number of likely N-dealkylation sites (N-methyl/N-ethyl adjacent to an activating group) is 1. The Balaban J connectivity index is 4.49. The summed E-state index contributed by atoms with van der Waals surface area (Å²) in [5.74, 6) is -0.857. The van der Waals surface area contributed by atoms with Crippen molar-refractivity contribution < 1.29 is 42.1 Å². The number of phosphoric ester groups is 1. The lowest BCUT2D eigenvalue weighted by atomic mass is 10.1. The molecule has 1 N–H and O–H groups in total. The third-order valence-corrected chi connectivity index (χ3v) is 9.57. The van der Waals surface area contributed by atoms with Crippen LogP contribution in [0.2, 0.25) is 0 Å². The van der Waals surface area contributed by atoms with E-state index < -0.39 is 26.5 Å². The van der Waals surface area contributed by atoms with Crippen LogP contribution in [0.3, 0.4) is 0 Å². The Hall–Kier alpha value is -2.03. The van der Waals surface area contributed by atoms with Gasteiger partial charge in [0.25, 0.3) is 0 Å². The Kier molecular flexibility index (Phi) is 34.3. The van der Waals surface area contributed by atoms with Crippen LogP contribution in [0.15, 0.2) is 48.6 Å². The number of phosphoric acid groups is 1. The summed E-state index contributed by atoms with van der Waals surface area (Å²) in [7, 11) is 1.44. The number of hydrogen-bond acceptors (Lipinski definition) is 7. The molecule has 308 valence electrons. The van der Waals surface area contributed by atoms with Gasteiger partial charge in [0.05, 0.1) is 27.7 Å². The molecule has 0 aromatic heterocycles. The lowest BCUT2D eigenvalue weighted by Crippen LogP contribution is -2.37. The van der Waals surface area contributed by atoms with Crippen molar-refractivity contribution in [3.05, 3.63) is 48.6 Å². The maximum Gasteiger partial charge on any atom is 0.472 e. The first-order valence-electron chi connectivity index (χ1n) is 20.9. The summed E-state index contributed by atoms with van der Waals surface area (Å²) in [6.07, 6.45) is 40.1. The third-order valence-electron chi connectivity index (χ3n) is 8.58. The fourth-order valence-corrected chi connectivity index (χ4v) is 5.99. The van der Waals surface area contributed by atoms with Crippen LogP contribution >= 0.6 is 7.82 Å². The molecule has 0 aliphatic carbocycles. The minimum atomic E-state index is -4.38. The molecule has 0 aliphatic heterocycles. The zero-order chi connectivity index (χ0) is 39.3. The Morgan fingerprint density at radius 2 is 1.02 bits per heavy atom. The van der Waals surface area contributed by atoms with E-state index in [9.17, 15) is 19.0 Å². The van der Waals surface area contributed by atoms with Gasteiger partial charge in [0.1, 0.15) is 19.8 Å². The smallest absolute Gasteiger partial charge is 0.462 e. The van der Waals surface area contributed by atoms with Crippen LogP contribution in [0.1, 0.15) is 162 Å². The number of esters is 2. The van der Waals surface area contributed by atoms with Crippen LogP contribution in [0.4, 0.5) is 0 Å². The molecule has 0 rings (SSSR count). The first-order chi connectivity index (χ1) is 25.5. The molecule has 10 heteroatoms. The zero-order valence-corrected chi connectivity index (χ0v) is 35.4. The van der Waals surface area contributed by atoms with Gasteiger partial charge >= 0.3 is 19.8 Å². The Morgan fingerprint density at radius 3 is 1.60 bits per heavy atom. The van der Waals surface area contributed by atoms with Gasteiger partial charge in [0.2, 0.25) is 0 Å². The van der Waals surface area contributed by atoms with Crippen LogP contribution in [-0.2, 0) is 32.7 Å². The van der Waals surface area contributed by atoms with Crippen molar-refractivity contribution in [2.75, 3.05) is 47.5 Å². The monoisotopic (exact) mass is 769 g/mol. The summed E-state index contributed by atoms with van der Waals surface area (Å²) in [5.41, 5.74) is 0. The molecule has 1 unspecified atom stereocenters. The van der Waals surface area contributed by atoms with Gasteiger partial charge in [0.15, 0.2) is 6.10 Å². The van der Waals surface area contributed by atoms with E-state index in [4.69, 9.17) is 18.5 Å². The Bertz CT molecular complexity index is 1050. The van der Waals surface area contributed by atoms with Crippen LogP contribution in [0.5, 0.6) is 0 Å². The largest absolute Gasteiger partial charge is 0.472 e. The van der Waals surface area contributed by atoms with Crippen molar-refractivity contribution in [3.63, 3.8) is 0 Å². The minimum absolute atomic E-state index is 0.0217. The van der Waals surface area contributed by atoms with Gasteiger partial charge in [-0.1, -0.05) is 120 Å². The molecule has 0 amide bonds. The number of rotatable bonds is 37. The van der Waals surface area contributed by atoms with E-state index in [2.05, 4.69) is 62.5 Å². The number of carbonyl (C=O) groups excluding carboxylic acids is 2. The Morgan fingerprint density at radius 1 is 0.585 bits per heavy atom. The number of carbonyl (C=O) groups is 2. The average Bonchev–Trinajstić information content (AvgIpc) is 3.10. The van der Waals surface area contributed by atoms with Crippen molar-refractivity contribution in [1.82, 2.24) is 0 Å². The number of unbranched alkanes of at least 4 members (excludes halogenated alkanes) is 15. The number of allylic oxidation sites excluding steroid dienone is 8. The van der Waals surface area contributed by atoms with E-state index in [0.29, 0.717) is 17.4 Å². The second kappa shape index (κ2) is 35.7. The van der Waals surface area contributed by atoms with Crippen molar-refractivity contribution >= 4 is 19.8 Å². The minimum Gasteiger partial charge on any atom is -0.462 e. The van der Waals surface area contributed by atoms with E-state index >= 15 is 0 Å². The lowest BCUT2D eigenvalue weighted by Gasteiger charge is -2.24. The van der Waals surface area contributed by atoms with E-state index in [1.807, 2.05) is 21.1 Å². The molecular weight excluding hydrogens is 689 g/mol. The van der Waals surface area contributed by atoms with Gasteiger partial charge in [-0.2, -0.15) is 0 Å².